The molecule has 3 aromatic heterocycles. The summed E-state index contributed by atoms with van der Waals surface area (Å²) in [5.74, 6) is 1.64. The number of fused-ring (bicyclic) bond motifs is 9. The second-order valence-corrected chi connectivity index (χ2v) is 17.5. The Bertz CT molecular complexity index is 3880. The topological polar surface area (TPSA) is 65.0 Å². The number of benzene rings is 9. The fourth-order valence-electron chi connectivity index (χ4n) is 10.3. The van der Waals surface area contributed by atoms with Crippen LogP contribution >= 0.6 is 0 Å². The molecule has 0 spiro atoms. The molecule has 65 heavy (non-hydrogen) atoms. The molecule has 1 aliphatic rings. The maximum absolute atomic E-state index is 6.60. The summed E-state index contributed by atoms with van der Waals surface area (Å²) < 4.78 is 13.1. The fraction of sp³-hybridized carbons (Fsp3) is 0.0500. The SMILES string of the molecule is CC1(C)c2ccccc2-c2cccc(-c3cccc(-c4ccc5oc6cccc(-c7nc(-c8cccc(-c9ccccc9)c8)nc(-c8cccc9c8oc8ccccc89)n7)c6c5c4)c3)c21. The third-order valence-electron chi connectivity index (χ3n) is 13.3. The van der Waals surface area contributed by atoms with E-state index >= 15 is 0 Å². The smallest absolute Gasteiger partial charge is 0.167 e. The van der Waals surface area contributed by atoms with Crippen LogP contribution in [0.15, 0.2) is 209 Å². The molecule has 0 N–H and O–H groups in total. The average Bonchev–Trinajstić information content (AvgIpc) is 4.01. The number of furan rings is 2. The fourth-order valence-corrected chi connectivity index (χ4v) is 10.3. The molecule has 0 bridgehead atoms. The highest BCUT2D eigenvalue weighted by molar-refractivity contribution is 6.13. The highest BCUT2D eigenvalue weighted by Crippen LogP contribution is 2.52. The highest BCUT2D eigenvalue weighted by Gasteiger charge is 2.37. The Kier molecular flexibility index (Phi) is 8.18. The van der Waals surface area contributed by atoms with Crippen molar-refractivity contribution in [3.63, 3.8) is 0 Å². The van der Waals surface area contributed by atoms with Crippen molar-refractivity contribution in [3.05, 3.63) is 211 Å². The Balaban J connectivity index is 0.979. The molecule has 3 heterocycles. The first-order valence-electron chi connectivity index (χ1n) is 22.1. The molecule has 0 aliphatic heterocycles. The van der Waals surface area contributed by atoms with Gasteiger partial charge in [0.25, 0.3) is 0 Å². The van der Waals surface area contributed by atoms with Gasteiger partial charge in [-0.1, -0.05) is 172 Å². The van der Waals surface area contributed by atoms with Crippen LogP contribution in [0.3, 0.4) is 0 Å². The summed E-state index contributed by atoms with van der Waals surface area (Å²) >= 11 is 0. The van der Waals surface area contributed by atoms with Crippen molar-refractivity contribution in [2.24, 2.45) is 0 Å². The molecular weight excluding hydrogens is 795 g/mol. The standard InChI is InChI=1S/C60H39N3O2/c1-60(2)50-28-8-6-21-43(50)45-24-12-23-42(55(45)60)40-19-10-18-38(33-40)39-31-32-52-49(35-39)54-47(26-14-30-53(54)64-52)58-61-57(41-20-11-17-37(34-41)36-15-4-3-5-16-36)62-59(63-58)48-27-13-25-46-44-22-7-9-29-51(44)65-56(46)48/h3-35H,1-2H3. The lowest BCUT2D eigenvalue weighted by Crippen LogP contribution is -2.16. The monoisotopic (exact) mass is 833 g/mol. The molecule has 5 nitrogen and oxygen atoms in total. The van der Waals surface area contributed by atoms with Crippen LogP contribution in [0.2, 0.25) is 0 Å². The van der Waals surface area contributed by atoms with E-state index in [4.69, 9.17) is 23.8 Å². The zero-order valence-corrected chi connectivity index (χ0v) is 35.7. The van der Waals surface area contributed by atoms with E-state index in [1.807, 2.05) is 48.5 Å². The van der Waals surface area contributed by atoms with Crippen molar-refractivity contribution < 1.29 is 8.83 Å². The lowest BCUT2D eigenvalue weighted by atomic mass is 9.78. The quantitative estimate of drug-likeness (QED) is 0.167. The van der Waals surface area contributed by atoms with Crippen LogP contribution in [0.1, 0.15) is 25.0 Å². The number of rotatable bonds is 6. The third-order valence-corrected chi connectivity index (χ3v) is 13.3. The second-order valence-electron chi connectivity index (χ2n) is 17.5. The van der Waals surface area contributed by atoms with Gasteiger partial charge < -0.3 is 8.83 Å². The number of para-hydroxylation sites is 2. The van der Waals surface area contributed by atoms with Gasteiger partial charge in [0.15, 0.2) is 17.5 Å². The van der Waals surface area contributed by atoms with E-state index in [0.717, 1.165) is 82.8 Å². The van der Waals surface area contributed by atoms with Gasteiger partial charge in [0.05, 0.1) is 5.56 Å². The summed E-state index contributed by atoms with van der Waals surface area (Å²) in [5, 5.41) is 4.00. The number of nitrogens with zero attached hydrogens (tertiary/aromatic N) is 3. The Morgan fingerprint density at radius 1 is 0.338 bits per heavy atom. The number of hydrogen-bond acceptors (Lipinski definition) is 5. The van der Waals surface area contributed by atoms with Gasteiger partial charge in [0, 0.05) is 38.1 Å². The third kappa shape index (κ3) is 5.89. The molecule has 13 rings (SSSR count). The van der Waals surface area contributed by atoms with Crippen molar-refractivity contribution >= 4 is 43.9 Å². The van der Waals surface area contributed by atoms with E-state index in [2.05, 4.69) is 166 Å². The molecule has 1 aliphatic carbocycles. The minimum atomic E-state index is -0.123. The van der Waals surface area contributed by atoms with Crippen LogP contribution in [-0.4, -0.2) is 15.0 Å². The predicted molar refractivity (Wildman–Crippen MR) is 265 cm³/mol. The van der Waals surface area contributed by atoms with E-state index < -0.39 is 0 Å². The molecule has 0 saturated heterocycles. The Labute approximate surface area is 375 Å². The molecule has 9 aromatic carbocycles. The van der Waals surface area contributed by atoms with Crippen LogP contribution in [-0.2, 0) is 5.41 Å². The Morgan fingerprint density at radius 3 is 1.78 bits per heavy atom. The molecule has 12 aromatic rings. The number of aromatic nitrogens is 3. The van der Waals surface area contributed by atoms with E-state index in [9.17, 15) is 0 Å². The average molecular weight is 834 g/mol. The van der Waals surface area contributed by atoms with Gasteiger partial charge in [0.1, 0.15) is 22.3 Å². The minimum absolute atomic E-state index is 0.123. The molecule has 5 heteroatoms. The molecular formula is C60H39N3O2. The van der Waals surface area contributed by atoms with Gasteiger partial charge in [-0.05, 0) is 98.1 Å². The van der Waals surface area contributed by atoms with Gasteiger partial charge in [-0.3, -0.25) is 0 Å². The predicted octanol–water partition coefficient (Wildman–Crippen LogP) is 16.0. The van der Waals surface area contributed by atoms with E-state index in [0.29, 0.717) is 17.5 Å². The van der Waals surface area contributed by atoms with Gasteiger partial charge in [-0.15, -0.1) is 0 Å². The molecule has 0 saturated carbocycles. The first-order chi connectivity index (χ1) is 32.0. The normalized spacial score (nSPS) is 12.9. The largest absolute Gasteiger partial charge is 0.456 e. The zero-order chi connectivity index (χ0) is 43.2. The maximum Gasteiger partial charge on any atom is 0.167 e. The molecule has 0 amide bonds. The Hall–Kier alpha value is -8.41. The molecule has 0 atom stereocenters. The van der Waals surface area contributed by atoms with Crippen molar-refractivity contribution in [1.29, 1.82) is 0 Å². The zero-order valence-electron chi connectivity index (χ0n) is 35.7. The van der Waals surface area contributed by atoms with E-state index in [1.54, 1.807) is 0 Å². The van der Waals surface area contributed by atoms with Crippen LogP contribution < -0.4 is 0 Å². The summed E-state index contributed by atoms with van der Waals surface area (Å²) in [6, 6.07) is 70.2. The highest BCUT2D eigenvalue weighted by atomic mass is 16.3. The molecule has 0 unspecified atom stereocenters. The summed E-state index contributed by atoms with van der Waals surface area (Å²) in [6.45, 7) is 4.69. The van der Waals surface area contributed by atoms with Crippen LogP contribution in [0.25, 0.3) is 123 Å². The van der Waals surface area contributed by atoms with Crippen molar-refractivity contribution in [2.45, 2.75) is 19.3 Å². The van der Waals surface area contributed by atoms with Gasteiger partial charge in [-0.25, -0.2) is 15.0 Å². The van der Waals surface area contributed by atoms with Crippen molar-refractivity contribution in [3.8, 4) is 78.7 Å². The lowest BCUT2D eigenvalue weighted by Gasteiger charge is -2.24. The molecule has 0 radical (unpaired) electrons. The van der Waals surface area contributed by atoms with Crippen molar-refractivity contribution in [1.82, 2.24) is 15.0 Å². The van der Waals surface area contributed by atoms with Crippen LogP contribution in [0.4, 0.5) is 0 Å². The summed E-state index contributed by atoms with van der Waals surface area (Å²) in [7, 11) is 0. The maximum atomic E-state index is 6.60. The van der Waals surface area contributed by atoms with Crippen LogP contribution in [0, 0.1) is 0 Å². The Morgan fingerprint density at radius 2 is 0.892 bits per heavy atom. The molecule has 0 fully saturated rings. The van der Waals surface area contributed by atoms with Gasteiger partial charge in [0.2, 0.25) is 0 Å². The first-order valence-corrected chi connectivity index (χ1v) is 22.1. The summed E-state index contributed by atoms with van der Waals surface area (Å²) in [6.07, 6.45) is 0. The summed E-state index contributed by atoms with van der Waals surface area (Å²) in [4.78, 5) is 15.8. The number of hydrogen-bond donors (Lipinski definition) is 0. The van der Waals surface area contributed by atoms with Gasteiger partial charge >= 0.3 is 0 Å². The lowest BCUT2D eigenvalue weighted by molar-refractivity contribution is 0.662. The van der Waals surface area contributed by atoms with E-state index in [1.165, 1.54) is 33.4 Å². The summed E-state index contributed by atoms with van der Waals surface area (Å²) in [5.41, 5.74) is 17.8. The second kappa shape index (κ2) is 14.3. The molecule has 306 valence electrons. The van der Waals surface area contributed by atoms with Crippen LogP contribution in [0.5, 0.6) is 0 Å². The minimum Gasteiger partial charge on any atom is -0.456 e. The van der Waals surface area contributed by atoms with Gasteiger partial charge in [-0.2, -0.15) is 0 Å². The first kappa shape index (κ1) is 37.2. The van der Waals surface area contributed by atoms with Crippen molar-refractivity contribution in [2.75, 3.05) is 0 Å². The van der Waals surface area contributed by atoms with E-state index in [-0.39, 0.29) is 5.41 Å².